The molecule has 2 unspecified atom stereocenters. The van der Waals surface area contributed by atoms with Crippen LogP contribution in [0.1, 0.15) is 27.2 Å². The molecular formula is C11H17N3O. The third kappa shape index (κ3) is 2.81. The number of hydrogen-bond donors (Lipinski definition) is 1. The Hall–Kier alpha value is -1.32. The fourth-order valence-corrected chi connectivity index (χ4v) is 1.41. The van der Waals surface area contributed by atoms with Gasteiger partial charge in [0.2, 0.25) is 11.8 Å². The molecule has 4 nitrogen and oxygen atoms in total. The zero-order valence-electron chi connectivity index (χ0n) is 9.40. The van der Waals surface area contributed by atoms with E-state index in [2.05, 4.69) is 22.2 Å². The van der Waals surface area contributed by atoms with Crippen molar-refractivity contribution in [3.8, 4) is 5.88 Å². The van der Waals surface area contributed by atoms with Gasteiger partial charge in [-0.25, -0.2) is 4.98 Å². The van der Waals surface area contributed by atoms with Crippen LogP contribution in [0.4, 0.5) is 5.95 Å². The standard InChI is InChI=1S/C11H17N3O/c1-7(2)15-10-4-5-12-11(14-10)13-9-6-8(9)3/h4-5,7-9H,6H2,1-3H3,(H,12,13,14). The Morgan fingerprint density at radius 3 is 2.87 bits per heavy atom. The van der Waals surface area contributed by atoms with Crippen molar-refractivity contribution < 1.29 is 4.74 Å². The first-order chi connectivity index (χ1) is 7.15. The maximum Gasteiger partial charge on any atom is 0.226 e. The summed E-state index contributed by atoms with van der Waals surface area (Å²) in [6, 6.07) is 2.32. The molecule has 2 atom stereocenters. The average molecular weight is 207 g/mol. The first-order valence-corrected chi connectivity index (χ1v) is 5.41. The van der Waals surface area contributed by atoms with Crippen molar-refractivity contribution in [2.24, 2.45) is 5.92 Å². The monoisotopic (exact) mass is 207 g/mol. The van der Waals surface area contributed by atoms with Crippen LogP contribution in [0.3, 0.4) is 0 Å². The van der Waals surface area contributed by atoms with E-state index in [1.165, 1.54) is 6.42 Å². The average Bonchev–Trinajstić information content (AvgIpc) is 2.81. The molecule has 15 heavy (non-hydrogen) atoms. The Kier molecular flexibility index (Phi) is 2.75. The minimum absolute atomic E-state index is 0.146. The molecule has 0 saturated heterocycles. The maximum absolute atomic E-state index is 5.49. The topological polar surface area (TPSA) is 47.0 Å². The number of nitrogens with one attached hydrogen (secondary N) is 1. The van der Waals surface area contributed by atoms with Gasteiger partial charge in [-0.1, -0.05) is 6.92 Å². The van der Waals surface area contributed by atoms with E-state index in [1.54, 1.807) is 12.3 Å². The van der Waals surface area contributed by atoms with Crippen molar-refractivity contribution >= 4 is 5.95 Å². The molecule has 0 aromatic carbocycles. The molecule has 0 radical (unpaired) electrons. The Balaban J connectivity index is 1.99. The van der Waals surface area contributed by atoms with E-state index in [0.29, 0.717) is 17.9 Å². The zero-order valence-corrected chi connectivity index (χ0v) is 9.40. The van der Waals surface area contributed by atoms with Gasteiger partial charge >= 0.3 is 0 Å². The normalized spacial score (nSPS) is 24.0. The van der Waals surface area contributed by atoms with Crippen molar-refractivity contribution in [3.05, 3.63) is 12.3 Å². The van der Waals surface area contributed by atoms with E-state index >= 15 is 0 Å². The fourth-order valence-electron chi connectivity index (χ4n) is 1.41. The van der Waals surface area contributed by atoms with Gasteiger partial charge in [-0.15, -0.1) is 0 Å². The van der Waals surface area contributed by atoms with Gasteiger partial charge in [0.1, 0.15) is 0 Å². The molecule has 2 rings (SSSR count). The maximum atomic E-state index is 5.49. The van der Waals surface area contributed by atoms with E-state index in [-0.39, 0.29) is 6.10 Å². The van der Waals surface area contributed by atoms with Crippen LogP contribution in [-0.2, 0) is 0 Å². The van der Waals surface area contributed by atoms with E-state index in [1.807, 2.05) is 13.8 Å². The van der Waals surface area contributed by atoms with Gasteiger partial charge in [0.15, 0.2) is 0 Å². The van der Waals surface area contributed by atoms with Crippen LogP contribution in [0.2, 0.25) is 0 Å². The third-order valence-electron chi connectivity index (χ3n) is 2.41. The first-order valence-electron chi connectivity index (χ1n) is 5.41. The lowest BCUT2D eigenvalue weighted by atomic mass is 10.5. The number of rotatable bonds is 4. The number of ether oxygens (including phenoxy) is 1. The first kappa shape index (κ1) is 10.2. The number of aromatic nitrogens is 2. The van der Waals surface area contributed by atoms with Crippen LogP contribution in [0.5, 0.6) is 5.88 Å². The Bertz CT molecular complexity index is 340. The summed E-state index contributed by atoms with van der Waals surface area (Å²) in [5.74, 6) is 2.04. The molecule has 1 aromatic rings. The highest BCUT2D eigenvalue weighted by Crippen LogP contribution is 2.31. The fraction of sp³-hybridized carbons (Fsp3) is 0.636. The molecule has 1 saturated carbocycles. The Morgan fingerprint density at radius 2 is 2.27 bits per heavy atom. The second-order valence-electron chi connectivity index (χ2n) is 4.35. The highest BCUT2D eigenvalue weighted by Gasteiger charge is 2.32. The molecule has 1 N–H and O–H groups in total. The summed E-state index contributed by atoms with van der Waals surface area (Å²) < 4.78 is 5.49. The third-order valence-corrected chi connectivity index (χ3v) is 2.41. The van der Waals surface area contributed by atoms with Crippen molar-refractivity contribution in [1.29, 1.82) is 0 Å². The molecule has 1 fully saturated rings. The van der Waals surface area contributed by atoms with E-state index in [9.17, 15) is 0 Å². The van der Waals surface area contributed by atoms with Gasteiger partial charge in [-0.05, 0) is 26.2 Å². The van der Waals surface area contributed by atoms with Gasteiger partial charge in [0.25, 0.3) is 0 Å². The molecule has 1 heterocycles. The minimum atomic E-state index is 0.146. The Labute approximate surface area is 90.1 Å². The lowest BCUT2D eigenvalue weighted by Crippen LogP contribution is -2.10. The van der Waals surface area contributed by atoms with Gasteiger partial charge < -0.3 is 10.1 Å². The summed E-state index contributed by atoms with van der Waals surface area (Å²) in [4.78, 5) is 8.44. The minimum Gasteiger partial charge on any atom is -0.475 e. The van der Waals surface area contributed by atoms with Crippen molar-refractivity contribution in [1.82, 2.24) is 9.97 Å². The van der Waals surface area contributed by atoms with E-state index in [0.717, 1.165) is 5.92 Å². The number of nitrogens with zero attached hydrogens (tertiary/aromatic N) is 2. The largest absolute Gasteiger partial charge is 0.475 e. The summed E-state index contributed by atoms with van der Waals surface area (Å²) >= 11 is 0. The molecule has 0 bridgehead atoms. The molecule has 1 aliphatic carbocycles. The predicted octanol–water partition coefficient (Wildman–Crippen LogP) is 2.08. The molecule has 0 aliphatic heterocycles. The lowest BCUT2D eigenvalue weighted by Gasteiger charge is -2.09. The molecular weight excluding hydrogens is 190 g/mol. The summed E-state index contributed by atoms with van der Waals surface area (Å²) in [5, 5.41) is 3.28. The number of hydrogen-bond acceptors (Lipinski definition) is 4. The lowest BCUT2D eigenvalue weighted by molar-refractivity contribution is 0.232. The van der Waals surface area contributed by atoms with E-state index in [4.69, 9.17) is 4.74 Å². The van der Waals surface area contributed by atoms with Crippen LogP contribution in [0, 0.1) is 5.92 Å². The second kappa shape index (κ2) is 4.04. The van der Waals surface area contributed by atoms with Gasteiger partial charge in [0, 0.05) is 18.3 Å². The summed E-state index contributed by atoms with van der Waals surface area (Å²) in [6.07, 6.45) is 3.08. The van der Waals surface area contributed by atoms with Crippen LogP contribution in [0.15, 0.2) is 12.3 Å². The quantitative estimate of drug-likeness (QED) is 0.821. The molecule has 0 spiro atoms. The van der Waals surface area contributed by atoms with Crippen LogP contribution < -0.4 is 10.1 Å². The molecule has 1 aromatic heterocycles. The predicted molar refractivity (Wildman–Crippen MR) is 59.0 cm³/mol. The van der Waals surface area contributed by atoms with E-state index < -0.39 is 0 Å². The van der Waals surface area contributed by atoms with Crippen LogP contribution in [-0.4, -0.2) is 22.1 Å². The van der Waals surface area contributed by atoms with Gasteiger partial charge in [-0.3, -0.25) is 0 Å². The molecule has 1 aliphatic rings. The molecule has 0 amide bonds. The van der Waals surface area contributed by atoms with Crippen LogP contribution >= 0.6 is 0 Å². The highest BCUT2D eigenvalue weighted by atomic mass is 16.5. The summed E-state index contributed by atoms with van der Waals surface area (Å²) in [7, 11) is 0. The van der Waals surface area contributed by atoms with Gasteiger partial charge in [0.05, 0.1) is 6.10 Å². The van der Waals surface area contributed by atoms with Crippen LogP contribution in [0.25, 0.3) is 0 Å². The van der Waals surface area contributed by atoms with Crippen molar-refractivity contribution in [2.75, 3.05) is 5.32 Å². The smallest absolute Gasteiger partial charge is 0.226 e. The number of anilines is 1. The zero-order chi connectivity index (χ0) is 10.8. The van der Waals surface area contributed by atoms with Crippen molar-refractivity contribution in [3.63, 3.8) is 0 Å². The van der Waals surface area contributed by atoms with Gasteiger partial charge in [-0.2, -0.15) is 4.98 Å². The van der Waals surface area contributed by atoms with Crippen molar-refractivity contribution in [2.45, 2.75) is 39.3 Å². The SMILES string of the molecule is CC(C)Oc1ccnc(NC2CC2C)n1. The molecule has 4 heteroatoms. The Morgan fingerprint density at radius 1 is 1.53 bits per heavy atom. The molecule has 82 valence electrons. The second-order valence-corrected chi connectivity index (χ2v) is 4.35. The summed E-state index contributed by atoms with van der Waals surface area (Å²) in [6.45, 7) is 6.18. The summed E-state index contributed by atoms with van der Waals surface area (Å²) in [5.41, 5.74) is 0. The highest BCUT2D eigenvalue weighted by molar-refractivity contribution is 5.31.